The summed E-state index contributed by atoms with van der Waals surface area (Å²) in [7, 11) is 0. The van der Waals surface area contributed by atoms with Gasteiger partial charge in [-0.1, -0.05) is 11.6 Å². The van der Waals surface area contributed by atoms with E-state index in [0.29, 0.717) is 10.8 Å². The number of nitro benzene ring substituents is 1. The molecule has 92 valence electrons. The first-order valence-corrected chi connectivity index (χ1v) is 5.96. The van der Waals surface area contributed by atoms with E-state index in [-0.39, 0.29) is 11.4 Å². The second kappa shape index (κ2) is 5.32. The summed E-state index contributed by atoms with van der Waals surface area (Å²) in [4.78, 5) is 14.1. The third-order valence-electron chi connectivity index (χ3n) is 2.03. The Kier molecular flexibility index (Phi) is 3.78. The lowest BCUT2D eigenvalue weighted by Crippen LogP contribution is -1.91. The van der Waals surface area contributed by atoms with Crippen LogP contribution in [-0.2, 0) is 0 Å². The van der Waals surface area contributed by atoms with Crippen LogP contribution in [0, 0.1) is 10.1 Å². The van der Waals surface area contributed by atoms with Gasteiger partial charge in [-0.3, -0.25) is 15.1 Å². The Hall–Kier alpha value is -1.66. The molecule has 0 aliphatic carbocycles. The molecule has 0 atom stereocenters. The van der Waals surface area contributed by atoms with E-state index < -0.39 is 4.92 Å². The van der Waals surface area contributed by atoms with Gasteiger partial charge in [0, 0.05) is 16.7 Å². The van der Waals surface area contributed by atoms with Gasteiger partial charge in [0.1, 0.15) is 5.75 Å². The average molecular weight is 330 g/mol. The first-order valence-electron chi connectivity index (χ1n) is 4.78. The normalized spacial score (nSPS) is 10.1. The first-order chi connectivity index (χ1) is 8.56. The number of nitrogens with zero attached hydrogens (tertiary/aromatic N) is 2. The molecule has 0 aliphatic heterocycles. The molecule has 1 aromatic carbocycles. The lowest BCUT2D eigenvalue weighted by Gasteiger charge is -2.07. The maximum atomic E-state index is 10.7. The molecule has 1 heterocycles. The maximum absolute atomic E-state index is 10.7. The van der Waals surface area contributed by atoms with Crippen molar-refractivity contribution >= 4 is 33.2 Å². The molecule has 0 aliphatic rings. The Labute approximate surface area is 116 Å². The van der Waals surface area contributed by atoms with E-state index >= 15 is 0 Å². The van der Waals surface area contributed by atoms with Crippen LogP contribution in [-0.4, -0.2) is 9.91 Å². The molecule has 1 aromatic heterocycles. The number of pyridine rings is 1. The minimum absolute atomic E-state index is 0.0858. The number of halogens is 2. The molecule has 7 heteroatoms. The number of benzene rings is 1. The van der Waals surface area contributed by atoms with Crippen LogP contribution in [0.25, 0.3) is 0 Å². The summed E-state index contributed by atoms with van der Waals surface area (Å²) in [6.07, 6.45) is 3.09. The zero-order valence-corrected chi connectivity index (χ0v) is 11.2. The summed E-state index contributed by atoms with van der Waals surface area (Å²) in [5.41, 5.74) is -0.0858. The van der Waals surface area contributed by atoms with E-state index in [1.807, 2.05) is 0 Å². The Morgan fingerprint density at radius 3 is 2.78 bits per heavy atom. The highest BCUT2D eigenvalue weighted by Gasteiger charge is 2.11. The Morgan fingerprint density at radius 1 is 1.33 bits per heavy atom. The standard InChI is InChI=1S/C11H6BrClN2O3/c12-7-3-9(6-14-5-7)18-11-4-8(15(16)17)1-2-10(11)13/h1-6H. The smallest absolute Gasteiger partial charge is 0.273 e. The number of rotatable bonds is 3. The quantitative estimate of drug-likeness (QED) is 0.625. The SMILES string of the molecule is O=[N+]([O-])c1ccc(Cl)c(Oc2cncc(Br)c2)c1. The number of hydrogen-bond acceptors (Lipinski definition) is 4. The van der Waals surface area contributed by atoms with Crippen molar-refractivity contribution in [3.05, 3.63) is 56.3 Å². The fraction of sp³-hybridized carbons (Fsp3) is 0. The second-order valence-corrected chi connectivity index (χ2v) is 4.64. The molecule has 2 rings (SSSR count). The van der Waals surface area contributed by atoms with Crippen molar-refractivity contribution in [2.75, 3.05) is 0 Å². The molecule has 0 fully saturated rings. The Morgan fingerprint density at radius 2 is 2.11 bits per heavy atom. The average Bonchev–Trinajstić information content (AvgIpc) is 2.31. The third-order valence-corrected chi connectivity index (χ3v) is 2.78. The summed E-state index contributed by atoms with van der Waals surface area (Å²) < 4.78 is 6.19. The van der Waals surface area contributed by atoms with Gasteiger partial charge in [-0.2, -0.15) is 0 Å². The molecular weight excluding hydrogens is 323 g/mol. The van der Waals surface area contributed by atoms with E-state index in [4.69, 9.17) is 16.3 Å². The number of hydrogen-bond donors (Lipinski definition) is 0. The van der Waals surface area contributed by atoms with E-state index in [9.17, 15) is 10.1 Å². The van der Waals surface area contributed by atoms with Crippen molar-refractivity contribution in [2.24, 2.45) is 0 Å². The van der Waals surface area contributed by atoms with Gasteiger partial charge in [0.2, 0.25) is 0 Å². The highest BCUT2D eigenvalue weighted by molar-refractivity contribution is 9.10. The predicted molar refractivity (Wildman–Crippen MR) is 70.1 cm³/mol. The zero-order valence-electron chi connectivity index (χ0n) is 8.84. The first kappa shape index (κ1) is 12.8. The van der Waals surface area contributed by atoms with Gasteiger partial charge in [0.25, 0.3) is 5.69 Å². The second-order valence-electron chi connectivity index (χ2n) is 3.31. The van der Waals surface area contributed by atoms with Gasteiger partial charge in [-0.25, -0.2) is 0 Å². The lowest BCUT2D eigenvalue weighted by molar-refractivity contribution is -0.384. The van der Waals surface area contributed by atoms with Crippen LogP contribution < -0.4 is 4.74 Å². The summed E-state index contributed by atoms with van der Waals surface area (Å²) in [5, 5.41) is 11.0. The molecule has 0 saturated carbocycles. The highest BCUT2D eigenvalue weighted by atomic mass is 79.9. The number of nitro groups is 1. The van der Waals surface area contributed by atoms with Crippen LogP contribution >= 0.6 is 27.5 Å². The molecule has 0 radical (unpaired) electrons. The molecule has 0 spiro atoms. The minimum Gasteiger partial charge on any atom is -0.454 e. The molecular formula is C11H6BrClN2O3. The van der Waals surface area contributed by atoms with Crippen LogP contribution in [0.5, 0.6) is 11.5 Å². The molecule has 0 amide bonds. The van der Waals surface area contributed by atoms with E-state index in [0.717, 1.165) is 4.47 Å². The molecule has 0 saturated heterocycles. The van der Waals surface area contributed by atoms with Crippen molar-refractivity contribution in [3.63, 3.8) is 0 Å². The van der Waals surface area contributed by atoms with Gasteiger partial charge >= 0.3 is 0 Å². The summed E-state index contributed by atoms with van der Waals surface area (Å²) in [5.74, 6) is 0.650. The molecule has 0 unspecified atom stereocenters. The van der Waals surface area contributed by atoms with Crippen molar-refractivity contribution in [3.8, 4) is 11.5 Å². The molecule has 5 nitrogen and oxygen atoms in total. The van der Waals surface area contributed by atoms with Crippen LogP contribution in [0.1, 0.15) is 0 Å². The van der Waals surface area contributed by atoms with Crippen LogP contribution in [0.15, 0.2) is 41.1 Å². The van der Waals surface area contributed by atoms with E-state index in [2.05, 4.69) is 20.9 Å². The summed E-state index contributed by atoms with van der Waals surface area (Å²) in [6, 6.07) is 5.68. The number of ether oxygens (including phenoxy) is 1. The molecule has 0 bridgehead atoms. The van der Waals surface area contributed by atoms with Gasteiger partial charge in [-0.15, -0.1) is 0 Å². The molecule has 18 heavy (non-hydrogen) atoms. The maximum Gasteiger partial charge on any atom is 0.273 e. The van der Waals surface area contributed by atoms with Crippen LogP contribution in [0.4, 0.5) is 5.69 Å². The highest BCUT2D eigenvalue weighted by Crippen LogP contribution is 2.33. The van der Waals surface area contributed by atoms with E-state index in [1.54, 1.807) is 12.3 Å². The lowest BCUT2D eigenvalue weighted by atomic mass is 10.3. The van der Waals surface area contributed by atoms with Crippen molar-refractivity contribution in [1.29, 1.82) is 0 Å². The number of aromatic nitrogens is 1. The molecule has 0 N–H and O–H groups in total. The third kappa shape index (κ3) is 2.96. The largest absolute Gasteiger partial charge is 0.454 e. The zero-order chi connectivity index (χ0) is 13.1. The van der Waals surface area contributed by atoms with E-state index in [1.165, 1.54) is 24.4 Å². The Bertz CT molecular complexity index is 607. The van der Waals surface area contributed by atoms with Gasteiger partial charge < -0.3 is 4.74 Å². The summed E-state index contributed by atoms with van der Waals surface area (Å²) >= 11 is 9.16. The van der Waals surface area contributed by atoms with Gasteiger partial charge in [0.15, 0.2) is 5.75 Å². The Balaban J connectivity index is 2.33. The summed E-state index contributed by atoms with van der Waals surface area (Å²) in [6.45, 7) is 0. The van der Waals surface area contributed by atoms with Crippen LogP contribution in [0.3, 0.4) is 0 Å². The van der Waals surface area contributed by atoms with Gasteiger partial charge in [-0.05, 0) is 28.1 Å². The predicted octanol–water partition coefficient (Wildman–Crippen LogP) is 4.20. The van der Waals surface area contributed by atoms with Crippen molar-refractivity contribution < 1.29 is 9.66 Å². The van der Waals surface area contributed by atoms with Crippen molar-refractivity contribution in [2.45, 2.75) is 0 Å². The topological polar surface area (TPSA) is 65.3 Å². The van der Waals surface area contributed by atoms with Crippen molar-refractivity contribution in [1.82, 2.24) is 4.98 Å². The fourth-order valence-electron chi connectivity index (χ4n) is 1.26. The minimum atomic E-state index is -0.512. The monoisotopic (exact) mass is 328 g/mol. The molecule has 2 aromatic rings. The van der Waals surface area contributed by atoms with Crippen LogP contribution in [0.2, 0.25) is 5.02 Å². The fourth-order valence-corrected chi connectivity index (χ4v) is 1.76. The van der Waals surface area contributed by atoms with Gasteiger partial charge in [0.05, 0.1) is 22.2 Å². The number of non-ortho nitro benzene ring substituents is 1.